The van der Waals surface area contributed by atoms with E-state index < -0.39 is 0 Å². The summed E-state index contributed by atoms with van der Waals surface area (Å²) in [5, 5.41) is 0. The first-order chi connectivity index (χ1) is 9.34. The molecule has 1 saturated heterocycles. The van der Waals surface area contributed by atoms with Crippen molar-refractivity contribution in [3.05, 3.63) is 35.9 Å². The lowest BCUT2D eigenvalue weighted by atomic mass is 10.2. The number of hydrogen-bond acceptors (Lipinski definition) is 3. The SMILES string of the molecule is C[C@H](COCc1ccccc1)COC1CCCCO1. The van der Waals surface area contributed by atoms with Crippen molar-refractivity contribution in [2.75, 3.05) is 19.8 Å². The molecule has 2 rings (SSSR count). The fraction of sp³-hybridized carbons (Fsp3) is 0.625. The van der Waals surface area contributed by atoms with Crippen molar-refractivity contribution in [2.24, 2.45) is 5.92 Å². The zero-order valence-corrected chi connectivity index (χ0v) is 11.7. The van der Waals surface area contributed by atoms with Crippen LogP contribution >= 0.6 is 0 Å². The molecule has 19 heavy (non-hydrogen) atoms. The van der Waals surface area contributed by atoms with E-state index in [1.54, 1.807) is 0 Å². The molecule has 1 aromatic rings. The summed E-state index contributed by atoms with van der Waals surface area (Å²) in [7, 11) is 0. The molecule has 0 N–H and O–H groups in total. The number of ether oxygens (including phenoxy) is 3. The van der Waals surface area contributed by atoms with Crippen LogP contribution in [0.25, 0.3) is 0 Å². The van der Waals surface area contributed by atoms with Crippen LogP contribution in [0.5, 0.6) is 0 Å². The summed E-state index contributed by atoms with van der Waals surface area (Å²) in [6.45, 7) is 5.09. The van der Waals surface area contributed by atoms with Crippen molar-refractivity contribution < 1.29 is 14.2 Å². The maximum absolute atomic E-state index is 5.75. The van der Waals surface area contributed by atoms with E-state index in [1.807, 2.05) is 18.2 Å². The Hall–Kier alpha value is -0.900. The smallest absolute Gasteiger partial charge is 0.157 e. The monoisotopic (exact) mass is 264 g/mol. The molecule has 3 nitrogen and oxygen atoms in total. The van der Waals surface area contributed by atoms with Gasteiger partial charge < -0.3 is 14.2 Å². The molecule has 0 radical (unpaired) electrons. The van der Waals surface area contributed by atoms with E-state index in [1.165, 1.54) is 12.0 Å². The van der Waals surface area contributed by atoms with Gasteiger partial charge in [0.05, 0.1) is 19.8 Å². The van der Waals surface area contributed by atoms with Crippen LogP contribution in [0.15, 0.2) is 30.3 Å². The molecule has 1 aliphatic heterocycles. The second-order valence-corrected chi connectivity index (χ2v) is 5.24. The van der Waals surface area contributed by atoms with Gasteiger partial charge in [-0.1, -0.05) is 37.3 Å². The lowest BCUT2D eigenvalue weighted by Gasteiger charge is -2.24. The maximum Gasteiger partial charge on any atom is 0.157 e. The van der Waals surface area contributed by atoms with E-state index in [-0.39, 0.29) is 6.29 Å². The molecule has 106 valence electrons. The lowest BCUT2D eigenvalue weighted by molar-refractivity contribution is -0.170. The minimum atomic E-state index is 0.00493. The fourth-order valence-electron chi connectivity index (χ4n) is 2.11. The van der Waals surface area contributed by atoms with Gasteiger partial charge in [0.15, 0.2) is 6.29 Å². The molecule has 2 atom stereocenters. The second kappa shape index (κ2) is 8.31. The summed E-state index contributed by atoms with van der Waals surface area (Å²) in [6.07, 6.45) is 3.40. The standard InChI is InChI=1S/C16H24O3/c1-14(12-19-16-9-5-6-10-18-16)11-17-13-15-7-3-2-4-8-15/h2-4,7-8,14,16H,5-6,9-13H2,1H3/t14-,16?/m1/s1. The van der Waals surface area contributed by atoms with Crippen LogP contribution in [0.2, 0.25) is 0 Å². The Labute approximate surface area is 115 Å². The van der Waals surface area contributed by atoms with Crippen LogP contribution in [0.4, 0.5) is 0 Å². The Morgan fingerprint density at radius 2 is 2.05 bits per heavy atom. The molecule has 1 heterocycles. The van der Waals surface area contributed by atoms with Crippen molar-refractivity contribution >= 4 is 0 Å². The molecule has 1 unspecified atom stereocenters. The van der Waals surface area contributed by atoms with Crippen molar-refractivity contribution in [3.8, 4) is 0 Å². The second-order valence-electron chi connectivity index (χ2n) is 5.24. The normalized spacial score (nSPS) is 21.2. The van der Waals surface area contributed by atoms with Gasteiger partial charge in [-0.05, 0) is 24.8 Å². The maximum atomic E-state index is 5.75. The van der Waals surface area contributed by atoms with Crippen LogP contribution in [-0.4, -0.2) is 26.1 Å². The Morgan fingerprint density at radius 1 is 1.21 bits per heavy atom. The first-order valence-corrected chi connectivity index (χ1v) is 7.19. The molecular formula is C16H24O3. The van der Waals surface area contributed by atoms with E-state index in [2.05, 4.69) is 19.1 Å². The van der Waals surface area contributed by atoms with Crippen molar-refractivity contribution in [1.29, 1.82) is 0 Å². The Kier molecular flexibility index (Phi) is 6.34. The lowest BCUT2D eigenvalue weighted by Crippen LogP contribution is -2.25. The van der Waals surface area contributed by atoms with E-state index in [0.29, 0.717) is 19.1 Å². The summed E-state index contributed by atoms with van der Waals surface area (Å²) in [6, 6.07) is 10.2. The third-order valence-corrected chi connectivity index (χ3v) is 3.22. The minimum absolute atomic E-state index is 0.00493. The number of rotatable bonds is 7. The van der Waals surface area contributed by atoms with Gasteiger partial charge >= 0.3 is 0 Å². The van der Waals surface area contributed by atoms with Crippen LogP contribution in [0, 0.1) is 5.92 Å². The molecule has 1 aliphatic rings. The van der Waals surface area contributed by atoms with Gasteiger partial charge in [-0.15, -0.1) is 0 Å². The van der Waals surface area contributed by atoms with Gasteiger partial charge in [0.25, 0.3) is 0 Å². The van der Waals surface area contributed by atoms with E-state index in [4.69, 9.17) is 14.2 Å². The fourth-order valence-corrected chi connectivity index (χ4v) is 2.11. The third-order valence-electron chi connectivity index (χ3n) is 3.22. The highest BCUT2D eigenvalue weighted by atomic mass is 16.7. The molecule has 0 spiro atoms. The Balaban J connectivity index is 1.55. The van der Waals surface area contributed by atoms with Crippen LogP contribution in [-0.2, 0) is 20.8 Å². The van der Waals surface area contributed by atoms with E-state index in [9.17, 15) is 0 Å². The van der Waals surface area contributed by atoms with E-state index in [0.717, 1.165) is 26.1 Å². The van der Waals surface area contributed by atoms with Crippen LogP contribution in [0.1, 0.15) is 31.7 Å². The Morgan fingerprint density at radius 3 is 2.79 bits per heavy atom. The van der Waals surface area contributed by atoms with Crippen molar-refractivity contribution in [3.63, 3.8) is 0 Å². The number of benzene rings is 1. The van der Waals surface area contributed by atoms with Crippen LogP contribution < -0.4 is 0 Å². The molecule has 0 bridgehead atoms. The van der Waals surface area contributed by atoms with Gasteiger partial charge in [0.2, 0.25) is 0 Å². The molecule has 1 fully saturated rings. The number of hydrogen-bond donors (Lipinski definition) is 0. The quantitative estimate of drug-likeness (QED) is 0.755. The topological polar surface area (TPSA) is 27.7 Å². The van der Waals surface area contributed by atoms with Gasteiger partial charge in [0.1, 0.15) is 0 Å². The average Bonchev–Trinajstić information content (AvgIpc) is 2.47. The minimum Gasteiger partial charge on any atom is -0.376 e. The van der Waals surface area contributed by atoms with E-state index >= 15 is 0 Å². The van der Waals surface area contributed by atoms with Crippen molar-refractivity contribution in [2.45, 2.75) is 39.1 Å². The Bertz CT molecular complexity index is 333. The van der Waals surface area contributed by atoms with Crippen LogP contribution in [0.3, 0.4) is 0 Å². The predicted molar refractivity (Wildman–Crippen MR) is 74.8 cm³/mol. The molecule has 0 saturated carbocycles. The predicted octanol–water partition coefficient (Wildman–Crippen LogP) is 3.38. The summed E-state index contributed by atoms with van der Waals surface area (Å²) < 4.78 is 17.0. The zero-order chi connectivity index (χ0) is 13.3. The summed E-state index contributed by atoms with van der Waals surface area (Å²) in [5.41, 5.74) is 1.21. The molecule has 0 aliphatic carbocycles. The molecular weight excluding hydrogens is 240 g/mol. The third kappa shape index (κ3) is 5.72. The molecule has 0 amide bonds. The summed E-state index contributed by atoms with van der Waals surface area (Å²) >= 11 is 0. The largest absolute Gasteiger partial charge is 0.376 e. The summed E-state index contributed by atoms with van der Waals surface area (Å²) in [4.78, 5) is 0. The van der Waals surface area contributed by atoms with Gasteiger partial charge in [-0.25, -0.2) is 0 Å². The molecule has 1 aromatic carbocycles. The van der Waals surface area contributed by atoms with Gasteiger partial charge in [0, 0.05) is 12.5 Å². The highest BCUT2D eigenvalue weighted by molar-refractivity contribution is 5.13. The van der Waals surface area contributed by atoms with Gasteiger partial charge in [-0.2, -0.15) is 0 Å². The highest BCUT2D eigenvalue weighted by Crippen LogP contribution is 2.14. The summed E-state index contributed by atoms with van der Waals surface area (Å²) in [5.74, 6) is 0.397. The highest BCUT2D eigenvalue weighted by Gasteiger charge is 2.15. The first-order valence-electron chi connectivity index (χ1n) is 7.19. The average molecular weight is 264 g/mol. The first kappa shape index (κ1) is 14.5. The zero-order valence-electron chi connectivity index (χ0n) is 11.7. The van der Waals surface area contributed by atoms with Gasteiger partial charge in [-0.3, -0.25) is 0 Å². The molecule has 3 heteroatoms. The molecule has 0 aromatic heterocycles. The van der Waals surface area contributed by atoms with Crippen molar-refractivity contribution in [1.82, 2.24) is 0 Å².